The Morgan fingerprint density at radius 2 is 1.89 bits per heavy atom. The Morgan fingerprint density at radius 3 is 2.47 bits per heavy atom. The van der Waals surface area contributed by atoms with Gasteiger partial charge in [-0.25, -0.2) is 0 Å². The minimum absolute atomic E-state index is 0.106. The second-order valence-electron chi connectivity index (χ2n) is 5.26. The Kier molecular flexibility index (Phi) is 5.83. The fourth-order valence-electron chi connectivity index (χ4n) is 1.62. The van der Waals surface area contributed by atoms with Crippen LogP contribution in [0.15, 0.2) is 24.3 Å². The summed E-state index contributed by atoms with van der Waals surface area (Å²) in [7, 11) is 0. The average molecular weight is 264 g/mol. The van der Waals surface area contributed by atoms with Crippen LogP contribution in [-0.2, 0) is 11.3 Å². The number of nitrogens with two attached hydrogens (primary N) is 1. The Bertz CT molecular complexity index is 416. The van der Waals surface area contributed by atoms with Gasteiger partial charge in [0.25, 0.3) is 0 Å². The summed E-state index contributed by atoms with van der Waals surface area (Å²) in [4.78, 5) is 11.8. The van der Waals surface area contributed by atoms with Crippen molar-refractivity contribution in [3.05, 3.63) is 29.8 Å². The molecule has 0 fully saturated rings. The van der Waals surface area contributed by atoms with Gasteiger partial charge in [-0.2, -0.15) is 0 Å². The molecule has 4 nitrogen and oxygen atoms in total. The van der Waals surface area contributed by atoms with E-state index >= 15 is 0 Å². The van der Waals surface area contributed by atoms with Crippen LogP contribution in [-0.4, -0.2) is 18.1 Å². The molecule has 4 heteroatoms. The van der Waals surface area contributed by atoms with E-state index in [9.17, 15) is 4.79 Å². The van der Waals surface area contributed by atoms with Crippen LogP contribution in [0.3, 0.4) is 0 Å². The molecular weight excluding hydrogens is 240 g/mol. The van der Waals surface area contributed by atoms with E-state index in [4.69, 9.17) is 10.5 Å². The monoisotopic (exact) mass is 264 g/mol. The molecule has 1 aromatic carbocycles. The summed E-state index contributed by atoms with van der Waals surface area (Å²) in [6, 6.07) is 7.22. The maximum atomic E-state index is 11.8. The number of carbonyl (C=O) groups is 1. The smallest absolute Gasteiger partial charge is 0.237 e. The zero-order valence-corrected chi connectivity index (χ0v) is 12.1. The van der Waals surface area contributed by atoms with Gasteiger partial charge in [0.15, 0.2) is 0 Å². The summed E-state index contributed by atoms with van der Waals surface area (Å²) in [5, 5.41) is 2.85. The minimum atomic E-state index is -0.474. The number of benzene rings is 1. The van der Waals surface area contributed by atoms with Crippen molar-refractivity contribution in [1.29, 1.82) is 0 Å². The Labute approximate surface area is 115 Å². The molecule has 1 amide bonds. The molecule has 0 heterocycles. The standard InChI is InChI=1S/C15H24N2O2/c1-10(2)14(16)15(18)17-9-12-7-5-6-8-13(12)19-11(3)4/h5-8,10-11,14H,9,16H2,1-4H3,(H,17,18)/t14-/m0/s1. The van der Waals surface area contributed by atoms with Gasteiger partial charge in [0.2, 0.25) is 5.91 Å². The maximum absolute atomic E-state index is 11.8. The van der Waals surface area contributed by atoms with Crippen molar-refractivity contribution in [2.75, 3.05) is 0 Å². The molecule has 0 saturated heterocycles. The van der Waals surface area contributed by atoms with Gasteiger partial charge < -0.3 is 15.8 Å². The molecule has 0 spiro atoms. The fourth-order valence-corrected chi connectivity index (χ4v) is 1.62. The van der Waals surface area contributed by atoms with E-state index in [-0.39, 0.29) is 17.9 Å². The van der Waals surface area contributed by atoms with Gasteiger partial charge in [0.1, 0.15) is 5.75 Å². The molecule has 0 unspecified atom stereocenters. The summed E-state index contributed by atoms with van der Waals surface area (Å²) in [6.45, 7) is 8.25. The molecule has 0 bridgehead atoms. The first-order valence-corrected chi connectivity index (χ1v) is 6.69. The summed E-state index contributed by atoms with van der Waals surface area (Å²) in [6.07, 6.45) is 0.106. The van der Waals surface area contributed by atoms with Crippen molar-refractivity contribution in [2.45, 2.75) is 46.4 Å². The van der Waals surface area contributed by atoms with Gasteiger partial charge in [-0.1, -0.05) is 32.0 Å². The molecule has 3 N–H and O–H groups in total. The lowest BCUT2D eigenvalue weighted by molar-refractivity contribution is -0.123. The number of amides is 1. The minimum Gasteiger partial charge on any atom is -0.491 e. The molecule has 0 saturated carbocycles. The quantitative estimate of drug-likeness (QED) is 0.826. The topological polar surface area (TPSA) is 64.3 Å². The van der Waals surface area contributed by atoms with Gasteiger partial charge >= 0.3 is 0 Å². The van der Waals surface area contributed by atoms with E-state index in [0.717, 1.165) is 11.3 Å². The van der Waals surface area contributed by atoms with Crippen LogP contribution < -0.4 is 15.8 Å². The first kappa shape index (κ1) is 15.5. The van der Waals surface area contributed by atoms with E-state index in [0.29, 0.717) is 6.54 Å². The van der Waals surface area contributed by atoms with Crippen molar-refractivity contribution in [3.8, 4) is 5.75 Å². The van der Waals surface area contributed by atoms with E-state index < -0.39 is 6.04 Å². The largest absolute Gasteiger partial charge is 0.491 e. The zero-order chi connectivity index (χ0) is 14.4. The van der Waals surface area contributed by atoms with E-state index in [2.05, 4.69) is 5.32 Å². The molecule has 1 aromatic rings. The molecule has 0 aliphatic carbocycles. The first-order valence-electron chi connectivity index (χ1n) is 6.69. The summed E-state index contributed by atoms with van der Waals surface area (Å²) in [5.41, 5.74) is 6.76. The van der Waals surface area contributed by atoms with Crippen LogP contribution in [0.2, 0.25) is 0 Å². The second kappa shape index (κ2) is 7.14. The third-order valence-electron chi connectivity index (χ3n) is 2.81. The van der Waals surface area contributed by atoms with Crippen molar-refractivity contribution in [3.63, 3.8) is 0 Å². The van der Waals surface area contributed by atoms with Gasteiger partial charge in [-0.05, 0) is 25.8 Å². The molecular formula is C15H24N2O2. The van der Waals surface area contributed by atoms with Gasteiger partial charge in [-0.15, -0.1) is 0 Å². The predicted octanol–water partition coefficient (Wildman–Crippen LogP) is 2.07. The van der Waals surface area contributed by atoms with Crippen LogP contribution in [0.4, 0.5) is 0 Å². The summed E-state index contributed by atoms with van der Waals surface area (Å²) < 4.78 is 5.70. The lowest BCUT2D eigenvalue weighted by atomic mass is 10.0. The third kappa shape index (κ3) is 4.91. The molecule has 1 rings (SSSR count). The van der Waals surface area contributed by atoms with Crippen LogP contribution in [0.1, 0.15) is 33.3 Å². The highest BCUT2D eigenvalue weighted by molar-refractivity contribution is 5.81. The average Bonchev–Trinajstić information content (AvgIpc) is 2.35. The molecule has 1 atom stereocenters. The van der Waals surface area contributed by atoms with Crippen molar-refractivity contribution in [1.82, 2.24) is 5.32 Å². The van der Waals surface area contributed by atoms with Crippen LogP contribution in [0.5, 0.6) is 5.75 Å². The number of hydrogen-bond acceptors (Lipinski definition) is 3. The van der Waals surface area contributed by atoms with Crippen molar-refractivity contribution in [2.24, 2.45) is 11.7 Å². The molecule has 0 aliphatic rings. The van der Waals surface area contributed by atoms with Crippen LogP contribution in [0.25, 0.3) is 0 Å². The Hall–Kier alpha value is -1.55. The number of rotatable bonds is 6. The van der Waals surface area contributed by atoms with Crippen molar-refractivity contribution >= 4 is 5.91 Å². The summed E-state index contributed by atoms with van der Waals surface area (Å²) >= 11 is 0. The van der Waals surface area contributed by atoms with Gasteiger partial charge in [0.05, 0.1) is 12.1 Å². The summed E-state index contributed by atoms with van der Waals surface area (Å²) in [5.74, 6) is 0.799. The second-order valence-corrected chi connectivity index (χ2v) is 5.26. The molecule has 19 heavy (non-hydrogen) atoms. The number of para-hydroxylation sites is 1. The number of ether oxygens (including phenoxy) is 1. The molecule has 0 aliphatic heterocycles. The lowest BCUT2D eigenvalue weighted by Crippen LogP contribution is -2.43. The SMILES string of the molecule is CC(C)Oc1ccccc1CNC(=O)[C@@H](N)C(C)C. The van der Waals surface area contributed by atoms with E-state index in [1.165, 1.54) is 0 Å². The molecule has 0 aromatic heterocycles. The predicted molar refractivity (Wildman–Crippen MR) is 76.9 cm³/mol. The molecule has 106 valence electrons. The highest BCUT2D eigenvalue weighted by atomic mass is 16.5. The Morgan fingerprint density at radius 1 is 1.26 bits per heavy atom. The Balaban J connectivity index is 2.65. The number of nitrogens with one attached hydrogen (secondary N) is 1. The first-order chi connectivity index (χ1) is 8.91. The van der Waals surface area contributed by atoms with Gasteiger partial charge in [-0.3, -0.25) is 4.79 Å². The van der Waals surface area contributed by atoms with Crippen molar-refractivity contribution < 1.29 is 9.53 Å². The van der Waals surface area contributed by atoms with Crippen LogP contribution in [0, 0.1) is 5.92 Å². The molecule has 0 radical (unpaired) electrons. The number of carbonyl (C=O) groups excluding carboxylic acids is 1. The normalized spacial score (nSPS) is 12.6. The van der Waals surface area contributed by atoms with Crippen LogP contribution >= 0.6 is 0 Å². The van der Waals surface area contributed by atoms with E-state index in [1.54, 1.807) is 0 Å². The lowest BCUT2D eigenvalue weighted by Gasteiger charge is -2.17. The number of hydrogen-bond donors (Lipinski definition) is 2. The maximum Gasteiger partial charge on any atom is 0.237 e. The zero-order valence-electron chi connectivity index (χ0n) is 12.1. The highest BCUT2D eigenvalue weighted by Crippen LogP contribution is 2.19. The third-order valence-corrected chi connectivity index (χ3v) is 2.81. The fraction of sp³-hybridized carbons (Fsp3) is 0.533. The van der Waals surface area contributed by atoms with Gasteiger partial charge in [0, 0.05) is 12.1 Å². The highest BCUT2D eigenvalue weighted by Gasteiger charge is 2.17. The van der Waals surface area contributed by atoms with E-state index in [1.807, 2.05) is 52.0 Å².